The van der Waals surface area contributed by atoms with Crippen molar-refractivity contribution in [1.29, 1.82) is 0 Å². The van der Waals surface area contributed by atoms with Crippen LogP contribution in [-0.4, -0.2) is 46.5 Å². The van der Waals surface area contributed by atoms with Crippen LogP contribution in [0, 0.1) is 0 Å². The number of anilines is 1. The van der Waals surface area contributed by atoms with E-state index in [-0.39, 0.29) is 0 Å². The average Bonchev–Trinajstić information content (AvgIpc) is 3.08. The number of halogens is 2. The SMILES string of the molecule is Cn1c(C=NCc2ccc(/C=C/C(N)=O)cc2)nc2cc(N(CCCl)CCCl)ccc21. The number of fused-ring (bicyclic) bond motifs is 1. The molecule has 0 aliphatic rings. The Bertz CT molecular complexity index is 1080. The van der Waals surface area contributed by atoms with E-state index in [1.165, 1.54) is 6.08 Å². The topological polar surface area (TPSA) is 76.5 Å². The molecule has 3 rings (SSSR count). The van der Waals surface area contributed by atoms with Crippen molar-refractivity contribution in [3.05, 3.63) is 65.5 Å². The molecule has 0 fully saturated rings. The number of nitrogens with zero attached hydrogens (tertiary/aromatic N) is 4. The zero-order valence-electron chi connectivity index (χ0n) is 17.3. The quantitative estimate of drug-likeness (QED) is 0.284. The van der Waals surface area contributed by atoms with Crippen LogP contribution in [0.5, 0.6) is 0 Å². The zero-order valence-corrected chi connectivity index (χ0v) is 18.9. The van der Waals surface area contributed by atoms with Crippen molar-refractivity contribution in [2.24, 2.45) is 17.8 Å². The van der Waals surface area contributed by atoms with E-state index in [9.17, 15) is 4.79 Å². The minimum atomic E-state index is -0.464. The highest BCUT2D eigenvalue weighted by atomic mass is 35.5. The second-order valence-corrected chi connectivity index (χ2v) is 7.77. The molecule has 0 spiro atoms. The molecule has 2 aromatic carbocycles. The first-order valence-electron chi connectivity index (χ1n) is 9.91. The molecule has 1 aromatic heterocycles. The Balaban J connectivity index is 1.73. The minimum Gasteiger partial charge on any atom is -0.369 e. The lowest BCUT2D eigenvalue weighted by atomic mass is 10.1. The van der Waals surface area contributed by atoms with Crippen LogP contribution in [0.1, 0.15) is 17.0 Å². The average molecular weight is 458 g/mol. The van der Waals surface area contributed by atoms with Gasteiger partial charge < -0.3 is 15.2 Å². The van der Waals surface area contributed by atoms with Gasteiger partial charge in [-0.15, -0.1) is 23.2 Å². The van der Waals surface area contributed by atoms with Gasteiger partial charge in [0.05, 0.1) is 23.8 Å². The van der Waals surface area contributed by atoms with Gasteiger partial charge in [-0.25, -0.2) is 4.98 Å². The van der Waals surface area contributed by atoms with E-state index in [4.69, 9.17) is 33.9 Å². The Hall–Kier alpha value is -2.83. The number of rotatable bonds is 10. The molecule has 0 radical (unpaired) electrons. The van der Waals surface area contributed by atoms with Crippen molar-refractivity contribution < 1.29 is 4.79 Å². The van der Waals surface area contributed by atoms with Gasteiger partial charge in [-0.2, -0.15) is 0 Å². The van der Waals surface area contributed by atoms with Crippen LogP contribution in [-0.2, 0) is 18.4 Å². The maximum atomic E-state index is 10.8. The maximum Gasteiger partial charge on any atom is 0.241 e. The summed E-state index contributed by atoms with van der Waals surface area (Å²) >= 11 is 11.9. The Labute approximate surface area is 192 Å². The summed E-state index contributed by atoms with van der Waals surface area (Å²) in [5.41, 5.74) is 10.1. The van der Waals surface area contributed by atoms with E-state index in [0.29, 0.717) is 18.3 Å². The third-order valence-corrected chi connectivity index (χ3v) is 5.21. The van der Waals surface area contributed by atoms with Crippen molar-refractivity contribution in [2.75, 3.05) is 29.7 Å². The number of hydrogen-bond donors (Lipinski definition) is 1. The number of imidazole rings is 1. The molecular formula is C23H25Cl2N5O. The van der Waals surface area contributed by atoms with Crippen molar-refractivity contribution in [1.82, 2.24) is 9.55 Å². The highest BCUT2D eigenvalue weighted by Gasteiger charge is 2.10. The van der Waals surface area contributed by atoms with Gasteiger partial charge in [0, 0.05) is 43.7 Å². The number of carbonyl (C=O) groups excluding carboxylic acids is 1. The summed E-state index contributed by atoms with van der Waals surface area (Å²) in [5, 5.41) is 0. The number of hydrogen-bond acceptors (Lipinski definition) is 4. The van der Waals surface area contributed by atoms with E-state index < -0.39 is 5.91 Å². The molecule has 0 saturated heterocycles. The van der Waals surface area contributed by atoms with E-state index in [0.717, 1.165) is 46.8 Å². The largest absolute Gasteiger partial charge is 0.369 e. The fourth-order valence-corrected chi connectivity index (χ4v) is 3.65. The predicted molar refractivity (Wildman–Crippen MR) is 130 cm³/mol. The van der Waals surface area contributed by atoms with Crippen LogP contribution in [0.2, 0.25) is 0 Å². The minimum absolute atomic E-state index is 0.464. The molecule has 1 amide bonds. The number of aliphatic imine (C=N–C) groups is 1. The van der Waals surface area contributed by atoms with Gasteiger partial charge in [0.25, 0.3) is 0 Å². The third-order valence-electron chi connectivity index (χ3n) is 4.87. The Kier molecular flexibility index (Phi) is 8.09. The molecule has 8 heteroatoms. The van der Waals surface area contributed by atoms with E-state index in [2.05, 4.69) is 28.1 Å². The number of aryl methyl sites for hydroxylation is 1. The number of carbonyl (C=O) groups is 1. The molecule has 31 heavy (non-hydrogen) atoms. The number of benzene rings is 2. The molecule has 0 aliphatic carbocycles. The summed E-state index contributed by atoms with van der Waals surface area (Å²) in [6.45, 7) is 2.00. The van der Waals surface area contributed by atoms with Crippen molar-refractivity contribution in [3.8, 4) is 0 Å². The summed E-state index contributed by atoms with van der Waals surface area (Å²) in [7, 11) is 1.98. The molecule has 0 bridgehead atoms. The summed E-state index contributed by atoms with van der Waals surface area (Å²) in [4.78, 5) is 22.2. The molecule has 0 unspecified atom stereocenters. The second-order valence-electron chi connectivity index (χ2n) is 7.01. The highest BCUT2D eigenvalue weighted by Crippen LogP contribution is 2.22. The summed E-state index contributed by atoms with van der Waals surface area (Å²) in [6.07, 6.45) is 4.81. The van der Waals surface area contributed by atoms with Crippen LogP contribution in [0.4, 0.5) is 5.69 Å². The van der Waals surface area contributed by atoms with Crippen LogP contribution in [0.25, 0.3) is 17.1 Å². The first kappa shape index (κ1) is 22.8. The number of aromatic nitrogens is 2. The summed E-state index contributed by atoms with van der Waals surface area (Å²) in [5.74, 6) is 1.40. The Morgan fingerprint density at radius 1 is 1.16 bits per heavy atom. The van der Waals surface area contributed by atoms with Crippen molar-refractivity contribution in [2.45, 2.75) is 6.54 Å². The first-order valence-corrected chi connectivity index (χ1v) is 11.0. The van der Waals surface area contributed by atoms with Crippen LogP contribution in [0.3, 0.4) is 0 Å². The number of nitrogens with two attached hydrogens (primary N) is 1. The normalized spacial score (nSPS) is 11.7. The van der Waals surface area contributed by atoms with Gasteiger partial charge in [-0.1, -0.05) is 24.3 Å². The fourth-order valence-electron chi connectivity index (χ4n) is 3.24. The second kappa shape index (κ2) is 11.0. The molecule has 2 N–H and O–H groups in total. The molecule has 0 atom stereocenters. The van der Waals surface area contributed by atoms with Crippen LogP contribution < -0.4 is 10.6 Å². The third kappa shape index (κ3) is 6.09. The van der Waals surface area contributed by atoms with E-state index in [1.807, 2.05) is 35.9 Å². The van der Waals surface area contributed by atoms with Gasteiger partial charge in [0.15, 0.2) is 5.82 Å². The zero-order chi connectivity index (χ0) is 22.2. The molecule has 1 heterocycles. The standard InChI is InChI=1S/C23H25Cl2N5O/c1-29-21-8-7-19(30(12-10-24)13-11-25)14-20(21)28-23(29)16-27-15-18-4-2-17(3-5-18)6-9-22(26)31/h2-9,14,16H,10-13,15H2,1H3,(H2,26,31)/b9-6+,27-16?. The maximum absolute atomic E-state index is 10.8. The lowest BCUT2D eigenvalue weighted by Gasteiger charge is -2.22. The first-order chi connectivity index (χ1) is 15.0. The summed E-state index contributed by atoms with van der Waals surface area (Å²) < 4.78 is 2.02. The number of alkyl halides is 2. The Morgan fingerprint density at radius 2 is 1.87 bits per heavy atom. The smallest absolute Gasteiger partial charge is 0.241 e. The summed E-state index contributed by atoms with van der Waals surface area (Å²) in [6, 6.07) is 14.0. The van der Waals surface area contributed by atoms with Gasteiger partial charge in [0.2, 0.25) is 5.91 Å². The lowest BCUT2D eigenvalue weighted by molar-refractivity contribution is -0.113. The van der Waals surface area contributed by atoms with E-state index >= 15 is 0 Å². The van der Waals surface area contributed by atoms with Gasteiger partial charge in [-0.05, 0) is 35.4 Å². The van der Waals surface area contributed by atoms with Gasteiger partial charge in [-0.3, -0.25) is 9.79 Å². The monoisotopic (exact) mass is 457 g/mol. The molecule has 0 saturated carbocycles. The molecule has 0 aliphatic heterocycles. The fraction of sp³-hybridized carbons (Fsp3) is 0.261. The molecule has 3 aromatic rings. The van der Waals surface area contributed by atoms with Crippen molar-refractivity contribution in [3.63, 3.8) is 0 Å². The predicted octanol–water partition coefficient (Wildman–Crippen LogP) is 3.97. The molecular weight excluding hydrogens is 433 g/mol. The van der Waals surface area contributed by atoms with Gasteiger partial charge in [0.1, 0.15) is 0 Å². The van der Waals surface area contributed by atoms with E-state index in [1.54, 1.807) is 12.3 Å². The number of primary amides is 1. The van der Waals surface area contributed by atoms with Crippen molar-refractivity contribution >= 4 is 58.1 Å². The Morgan fingerprint density at radius 3 is 2.52 bits per heavy atom. The number of amides is 1. The van der Waals surface area contributed by atoms with Crippen LogP contribution in [0.15, 0.2) is 53.5 Å². The lowest BCUT2D eigenvalue weighted by Crippen LogP contribution is -2.27. The molecule has 162 valence electrons. The van der Waals surface area contributed by atoms with Crippen LogP contribution >= 0.6 is 23.2 Å². The highest BCUT2D eigenvalue weighted by molar-refractivity contribution is 6.18. The molecule has 6 nitrogen and oxygen atoms in total. The van der Waals surface area contributed by atoms with Gasteiger partial charge >= 0.3 is 0 Å².